The van der Waals surface area contributed by atoms with Gasteiger partial charge in [0.05, 0.1) is 13.2 Å². The van der Waals surface area contributed by atoms with Gasteiger partial charge in [0.2, 0.25) is 0 Å². The van der Waals surface area contributed by atoms with Gasteiger partial charge < -0.3 is 19.5 Å². The van der Waals surface area contributed by atoms with Crippen molar-refractivity contribution in [2.75, 3.05) is 13.2 Å². The van der Waals surface area contributed by atoms with E-state index in [4.69, 9.17) is 14.2 Å². The molecule has 1 fully saturated rings. The van der Waals surface area contributed by atoms with Crippen LogP contribution in [-0.4, -0.2) is 42.9 Å². The van der Waals surface area contributed by atoms with E-state index in [0.717, 1.165) is 0 Å². The highest BCUT2D eigenvalue weighted by molar-refractivity contribution is 5.99. The highest BCUT2D eigenvalue weighted by Crippen LogP contribution is 2.49. The Morgan fingerprint density at radius 3 is 2.44 bits per heavy atom. The number of rotatable bonds is 6. The molecule has 7 nitrogen and oxygen atoms in total. The summed E-state index contributed by atoms with van der Waals surface area (Å²) in [5.74, 6) is -1.56. The second-order valence-corrected chi connectivity index (χ2v) is 6.52. The van der Waals surface area contributed by atoms with Crippen LogP contribution in [0, 0.1) is 11.8 Å². The summed E-state index contributed by atoms with van der Waals surface area (Å²) in [6.07, 6.45) is 2.60. The third-order valence-electron chi connectivity index (χ3n) is 4.99. The van der Waals surface area contributed by atoms with E-state index < -0.39 is 29.7 Å². The Bertz CT molecular complexity index is 746. The summed E-state index contributed by atoms with van der Waals surface area (Å²) in [7, 11) is 0. The molecule has 2 aliphatic carbocycles. The fraction of sp³-hybridized carbons (Fsp3) is 0.450. The van der Waals surface area contributed by atoms with Crippen molar-refractivity contribution in [1.29, 1.82) is 0 Å². The lowest BCUT2D eigenvalue weighted by molar-refractivity contribution is -0.157. The standard InChI is InChI=1S/C20H23NO6/c1-3-25-18(23)20(21-17(22)13-8-6-5-7-9-13)15-11-10-14(12-15)16(20)27-19(24)26-4-2/h5-11,14-16H,3-4,12H2,1-2H3,(H,21,22)/t14-,15+,16-,20-/m0/s1. The van der Waals surface area contributed by atoms with Crippen LogP contribution in [0.1, 0.15) is 30.6 Å². The van der Waals surface area contributed by atoms with Crippen molar-refractivity contribution >= 4 is 18.0 Å². The lowest BCUT2D eigenvalue weighted by Crippen LogP contribution is -2.65. The Morgan fingerprint density at radius 1 is 1.07 bits per heavy atom. The van der Waals surface area contributed by atoms with Gasteiger partial charge in [0.25, 0.3) is 5.91 Å². The Labute approximate surface area is 157 Å². The summed E-state index contributed by atoms with van der Waals surface area (Å²) in [5, 5.41) is 2.82. The molecular formula is C20H23NO6. The molecule has 0 heterocycles. The number of amides is 1. The number of hydrogen-bond acceptors (Lipinski definition) is 6. The minimum Gasteiger partial charge on any atom is -0.464 e. The summed E-state index contributed by atoms with van der Waals surface area (Å²) in [4.78, 5) is 37.8. The number of carbonyl (C=O) groups excluding carboxylic acids is 3. The van der Waals surface area contributed by atoms with Gasteiger partial charge in [-0.2, -0.15) is 0 Å². The van der Waals surface area contributed by atoms with Gasteiger partial charge >= 0.3 is 12.1 Å². The van der Waals surface area contributed by atoms with Crippen LogP contribution < -0.4 is 5.32 Å². The molecule has 0 spiro atoms. The highest BCUT2D eigenvalue weighted by Gasteiger charge is 2.64. The van der Waals surface area contributed by atoms with Gasteiger partial charge in [-0.3, -0.25) is 4.79 Å². The van der Waals surface area contributed by atoms with Crippen LogP contribution >= 0.6 is 0 Å². The Morgan fingerprint density at radius 2 is 1.78 bits per heavy atom. The Kier molecular flexibility index (Phi) is 5.48. The summed E-state index contributed by atoms with van der Waals surface area (Å²) in [6, 6.07) is 8.57. The molecule has 1 aromatic carbocycles. The smallest absolute Gasteiger partial charge is 0.464 e. The van der Waals surface area contributed by atoms with Crippen LogP contribution in [0.5, 0.6) is 0 Å². The molecular weight excluding hydrogens is 350 g/mol. The first-order chi connectivity index (χ1) is 13.0. The average Bonchev–Trinajstić information content (AvgIpc) is 3.25. The largest absolute Gasteiger partial charge is 0.508 e. The van der Waals surface area contributed by atoms with E-state index in [-0.39, 0.29) is 25.0 Å². The molecule has 144 valence electrons. The van der Waals surface area contributed by atoms with Crippen molar-refractivity contribution < 1.29 is 28.6 Å². The van der Waals surface area contributed by atoms with Gasteiger partial charge in [-0.15, -0.1) is 0 Å². The molecule has 0 unspecified atom stereocenters. The van der Waals surface area contributed by atoms with E-state index in [2.05, 4.69) is 5.32 Å². The summed E-state index contributed by atoms with van der Waals surface area (Å²) in [6.45, 7) is 3.65. The number of esters is 1. The predicted molar refractivity (Wildman–Crippen MR) is 95.9 cm³/mol. The maximum atomic E-state index is 13.0. The van der Waals surface area contributed by atoms with Gasteiger partial charge in [0.15, 0.2) is 5.54 Å². The Hall–Kier alpha value is -2.83. The van der Waals surface area contributed by atoms with Crippen LogP contribution in [0.2, 0.25) is 0 Å². The number of nitrogens with one attached hydrogen (secondary N) is 1. The molecule has 1 saturated carbocycles. The maximum Gasteiger partial charge on any atom is 0.508 e. The first kappa shape index (κ1) is 18.9. The van der Waals surface area contributed by atoms with Gasteiger partial charge in [0.1, 0.15) is 6.10 Å². The molecule has 2 aliphatic rings. The third-order valence-corrected chi connectivity index (χ3v) is 4.99. The topological polar surface area (TPSA) is 90.9 Å². The molecule has 1 amide bonds. The molecule has 27 heavy (non-hydrogen) atoms. The van der Waals surface area contributed by atoms with Crippen LogP contribution in [0.15, 0.2) is 42.5 Å². The third kappa shape index (κ3) is 3.41. The first-order valence-corrected chi connectivity index (χ1v) is 9.09. The molecule has 1 aromatic rings. The zero-order valence-electron chi connectivity index (χ0n) is 15.3. The fourth-order valence-corrected chi connectivity index (χ4v) is 3.86. The van der Waals surface area contributed by atoms with Crippen molar-refractivity contribution in [3.8, 4) is 0 Å². The van der Waals surface area contributed by atoms with Crippen molar-refractivity contribution in [1.82, 2.24) is 5.32 Å². The monoisotopic (exact) mass is 373 g/mol. The van der Waals surface area contributed by atoms with Crippen LogP contribution in [-0.2, 0) is 19.0 Å². The fourth-order valence-electron chi connectivity index (χ4n) is 3.86. The van der Waals surface area contributed by atoms with E-state index >= 15 is 0 Å². The number of carbonyl (C=O) groups is 3. The summed E-state index contributed by atoms with van der Waals surface area (Å²) < 4.78 is 15.6. The van der Waals surface area contributed by atoms with Crippen LogP contribution in [0.25, 0.3) is 0 Å². The second-order valence-electron chi connectivity index (χ2n) is 6.52. The molecule has 0 aromatic heterocycles. The quantitative estimate of drug-likeness (QED) is 0.608. The Balaban J connectivity index is 1.95. The second kappa shape index (κ2) is 7.82. The predicted octanol–water partition coefficient (Wildman–Crippen LogP) is 2.47. The highest BCUT2D eigenvalue weighted by atomic mass is 16.7. The maximum absolute atomic E-state index is 13.0. The molecule has 3 rings (SSSR count). The van der Waals surface area contributed by atoms with E-state index in [1.807, 2.05) is 12.2 Å². The molecule has 0 saturated heterocycles. The van der Waals surface area contributed by atoms with Crippen LogP contribution in [0.3, 0.4) is 0 Å². The normalized spacial score (nSPS) is 27.9. The van der Waals surface area contributed by atoms with Gasteiger partial charge in [-0.05, 0) is 32.4 Å². The van der Waals surface area contributed by atoms with Gasteiger partial charge in [-0.25, -0.2) is 9.59 Å². The molecule has 0 radical (unpaired) electrons. The first-order valence-electron chi connectivity index (χ1n) is 9.09. The SMILES string of the molecule is CCOC(=O)O[C@H]1[C@H]2C=C[C@H](C2)[C@@]1(NC(=O)c1ccccc1)C(=O)OCC. The van der Waals surface area contributed by atoms with Gasteiger partial charge in [-0.1, -0.05) is 30.4 Å². The summed E-state index contributed by atoms with van der Waals surface area (Å²) in [5.41, 5.74) is -1.07. The zero-order chi connectivity index (χ0) is 19.4. The average molecular weight is 373 g/mol. The van der Waals surface area contributed by atoms with Crippen molar-refractivity contribution in [2.24, 2.45) is 11.8 Å². The molecule has 2 bridgehead atoms. The zero-order valence-corrected chi connectivity index (χ0v) is 15.3. The van der Waals surface area contributed by atoms with E-state index in [9.17, 15) is 14.4 Å². The van der Waals surface area contributed by atoms with Crippen molar-refractivity contribution in [3.63, 3.8) is 0 Å². The van der Waals surface area contributed by atoms with E-state index in [1.165, 1.54) is 0 Å². The molecule has 0 aliphatic heterocycles. The molecule has 1 N–H and O–H groups in total. The lowest BCUT2D eigenvalue weighted by atomic mass is 9.81. The van der Waals surface area contributed by atoms with Crippen LogP contribution in [0.4, 0.5) is 4.79 Å². The minimum atomic E-state index is -1.48. The van der Waals surface area contributed by atoms with Gasteiger partial charge in [0, 0.05) is 17.4 Å². The number of benzene rings is 1. The summed E-state index contributed by atoms with van der Waals surface area (Å²) >= 11 is 0. The molecule has 7 heteroatoms. The lowest BCUT2D eigenvalue weighted by Gasteiger charge is -2.39. The van der Waals surface area contributed by atoms with E-state index in [0.29, 0.717) is 12.0 Å². The van der Waals surface area contributed by atoms with Crippen molar-refractivity contribution in [3.05, 3.63) is 48.0 Å². The van der Waals surface area contributed by atoms with Crippen molar-refractivity contribution in [2.45, 2.75) is 31.9 Å². The number of fused-ring (bicyclic) bond motifs is 2. The molecule has 4 atom stereocenters. The minimum absolute atomic E-state index is 0.148. The number of hydrogen-bond donors (Lipinski definition) is 1. The van der Waals surface area contributed by atoms with E-state index in [1.54, 1.807) is 44.2 Å². The number of ether oxygens (including phenoxy) is 3.